The lowest BCUT2D eigenvalue weighted by Gasteiger charge is -2.18. The van der Waals surface area contributed by atoms with Crippen LogP contribution in [0.2, 0.25) is 5.02 Å². The molecule has 1 aromatic carbocycles. The molecule has 0 amide bonds. The minimum atomic E-state index is 0.279. The van der Waals surface area contributed by atoms with Crippen LogP contribution in [0, 0.1) is 6.92 Å². The van der Waals surface area contributed by atoms with Crippen molar-refractivity contribution >= 4 is 22.9 Å². The molecule has 2 rings (SSSR count). The van der Waals surface area contributed by atoms with Crippen LogP contribution in [-0.2, 0) is 6.42 Å². The fourth-order valence-electron chi connectivity index (χ4n) is 1.94. The van der Waals surface area contributed by atoms with Crippen molar-refractivity contribution in [3.8, 4) is 0 Å². The summed E-state index contributed by atoms with van der Waals surface area (Å²) in [6.45, 7) is 2.05. The van der Waals surface area contributed by atoms with Gasteiger partial charge in [-0.2, -0.15) is 0 Å². The maximum Gasteiger partial charge on any atom is 0.0483 e. The maximum atomic E-state index is 6.37. The molecule has 0 radical (unpaired) electrons. The number of rotatable bonds is 4. The zero-order valence-corrected chi connectivity index (χ0v) is 11.6. The Morgan fingerprint density at radius 1 is 1.29 bits per heavy atom. The smallest absolute Gasteiger partial charge is 0.0483 e. The average Bonchev–Trinajstić information content (AvgIpc) is 2.83. The molecule has 0 aliphatic rings. The largest absolute Gasteiger partial charge is 0.313 e. The molecule has 1 aromatic heterocycles. The highest BCUT2D eigenvalue weighted by Gasteiger charge is 2.14. The second-order valence-electron chi connectivity index (χ2n) is 4.10. The van der Waals surface area contributed by atoms with Crippen LogP contribution in [0.5, 0.6) is 0 Å². The molecule has 17 heavy (non-hydrogen) atoms. The van der Waals surface area contributed by atoms with Crippen molar-refractivity contribution in [1.82, 2.24) is 5.32 Å². The molecule has 0 bridgehead atoms. The predicted molar refractivity (Wildman–Crippen MR) is 76.0 cm³/mol. The topological polar surface area (TPSA) is 12.0 Å². The number of thiophene rings is 1. The zero-order chi connectivity index (χ0) is 12.3. The molecular weight excluding hydrogens is 250 g/mol. The number of benzene rings is 1. The second-order valence-corrected chi connectivity index (χ2v) is 5.51. The fraction of sp³-hybridized carbons (Fsp3) is 0.286. The van der Waals surface area contributed by atoms with Crippen LogP contribution in [0.1, 0.15) is 22.0 Å². The van der Waals surface area contributed by atoms with Crippen LogP contribution in [0.4, 0.5) is 0 Å². The Labute approximate surface area is 111 Å². The Morgan fingerprint density at radius 3 is 2.76 bits per heavy atom. The third-order valence-electron chi connectivity index (χ3n) is 2.93. The number of hydrogen-bond acceptors (Lipinski definition) is 2. The van der Waals surface area contributed by atoms with E-state index < -0.39 is 0 Å². The Balaban J connectivity index is 2.26. The van der Waals surface area contributed by atoms with Gasteiger partial charge >= 0.3 is 0 Å². The fourth-order valence-corrected chi connectivity index (χ4v) is 2.95. The highest BCUT2D eigenvalue weighted by molar-refractivity contribution is 7.09. The summed E-state index contributed by atoms with van der Waals surface area (Å²) in [5.74, 6) is 0. The predicted octanol–water partition coefficient (Wildman–Crippen LogP) is 4.21. The quantitative estimate of drug-likeness (QED) is 0.873. The summed E-state index contributed by atoms with van der Waals surface area (Å²) in [5, 5.41) is 6.34. The van der Waals surface area contributed by atoms with Crippen molar-refractivity contribution < 1.29 is 0 Å². The third-order valence-corrected chi connectivity index (χ3v) is 4.35. The summed E-state index contributed by atoms with van der Waals surface area (Å²) in [5.41, 5.74) is 2.32. The summed E-state index contributed by atoms with van der Waals surface area (Å²) in [6, 6.07) is 10.7. The van der Waals surface area contributed by atoms with Gasteiger partial charge in [-0.1, -0.05) is 35.9 Å². The van der Waals surface area contributed by atoms with Crippen molar-refractivity contribution in [3.63, 3.8) is 0 Å². The van der Waals surface area contributed by atoms with Gasteiger partial charge < -0.3 is 5.32 Å². The highest BCUT2D eigenvalue weighted by atomic mass is 35.5. The molecule has 2 aromatic rings. The van der Waals surface area contributed by atoms with Gasteiger partial charge in [0, 0.05) is 22.4 Å². The van der Waals surface area contributed by atoms with Crippen LogP contribution in [0.25, 0.3) is 0 Å². The molecule has 0 saturated heterocycles. The van der Waals surface area contributed by atoms with E-state index in [0.717, 1.165) is 17.0 Å². The zero-order valence-electron chi connectivity index (χ0n) is 10.0. The van der Waals surface area contributed by atoms with E-state index in [1.54, 1.807) is 11.3 Å². The lowest BCUT2D eigenvalue weighted by atomic mass is 10.0. The van der Waals surface area contributed by atoms with Gasteiger partial charge in [0.05, 0.1) is 0 Å². The van der Waals surface area contributed by atoms with E-state index in [1.807, 2.05) is 20.0 Å². The van der Waals surface area contributed by atoms with Crippen LogP contribution < -0.4 is 5.32 Å². The Bertz CT molecular complexity index is 479. The lowest BCUT2D eigenvalue weighted by Crippen LogP contribution is -2.19. The van der Waals surface area contributed by atoms with Gasteiger partial charge in [0.1, 0.15) is 0 Å². The molecule has 0 aliphatic carbocycles. The maximum absolute atomic E-state index is 6.37. The Kier molecular flexibility index (Phi) is 4.21. The Morgan fingerprint density at radius 2 is 2.12 bits per heavy atom. The van der Waals surface area contributed by atoms with Gasteiger partial charge in [0.2, 0.25) is 0 Å². The van der Waals surface area contributed by atoms with Crippen LogP contribution >= 0.6 is 22.9 Å². The summed E-state index contributed by atoms with van der Waals surface area (Å²) in [6.07, 6.45) is 0.983. The molecule has 0 spiro atoms. The van der Waals surface area contributed by atoms with Crippen molar-refractivity contribution in [2.45, 2.75) is 19.4 Å². The van der Waals surface area contributed by atoms with E-state index in [2.05, 4.69) is 35.0 Å². The van der Waals surface area contributed by atoms with Gasteiger partial charge in [-0.25, -0.2) is 0 Å². The van der Waals surface area contributed by atoms with Gasteiger partial charge in [-0.05, 0) is 36.5 Å². The molecule has 1 atom stereocenters. The van der Waals surface area contributed by atoms with E-state index in [1.165, 1.54) is 10.4 Å². The number of hydrogen-bond donors (Lipinski definition) is 1. The van der Waals surface area contributed by atoms with Gasteiger partial charge in [0.15, 0.2) is 0 Å². The van der Waals surface area contributed by atoms with E-state index in [4.69, 9.17) is 11.6 Å². The van der Waals surface area contributed by atoms with Crippen LogP contribution in [0.3, 0.4) is 0 Å². The number of nitrogens with one attached hydrogen (secondary N) is 1. The first kappa shape index (κ1) is 12.6. The summed E-state index contributed by atoms with van der Waals surface area (Å²) in [4.78, 5) is 1.38. The van der Waals surface area contributed by atoms with E-state index in [-0.39, 0.29) is 6.04 Å². The number of likely N-dealkylation sites (N-methyl/N-ethyl adjacent to an activating group) is 1. The first-order valence-corrected chi connectivity index (χ1v) is 6.92. The molecule has 1 N–H and O–H groups in total. The van der Waals surface area contributed by atoms with E-state index in [9.17, 15) is 0 Å². The third kappa shape index (κ3) is 2.89. The first-order chi connectivity index (χ1) is 8.22. The van der Waals surface area contributed by atoms with Crippen LogP contribution in [0.15, 0.2) is 35.7 Å². The van der Waals surface area contributed by atoms with Crippen molar-refractivity contribution in [2.24, 2.45) is 0 Å². The highest BCUT2D eigenvalue weighted by Crippen LogP contribution is 2.29. The average molecular weight is 266 g/mol. The summed E-state index contributed by atoms with van der Waals surface area (Å²) < 4.78 is 0. The molecule has 0 aliphatic heterocycles. The minimum Gasteiger partial charge on any atom is -0.313 e. The van der Waals surface area contributed by atoms with Crippen molar-refractivity contribution in [3.05, 3.63) is 56.7 Å². The van der Waals surface area contributed by atoms with Crippen molar-refractivity contribution in [2.75, 3.05) is 7.05 Å². The monoisotopic (exact) mass is 265 g/mol. The molecule has 90 valence electrons. The standard InChI is InChI=1S/C14H16ClNS/c1-10-5-3-7-12(14(10)15)13(16-2)9-11-6-4-8-17-11/h3-8,13,16H,9H2,1-2H3. The molecule has 3 heteroatoms. The van der Waals surface area contributed by atoms with Crippen LogP contribution in [-0.4, -0.2) is 7.05 Å². The minimum absolute atomic E-state index is 0.279. The SMILES string of the molecule is CNC(Cc1cccs1)c1cccc(C)c1Cl. The first-order valence-electron chi connectivity index (χ1n) is 5.67. The molecule has 0 fully saturated rings. The van der Waals surface area contributed by atoms with Gasteiger partial charge in [-0.3, -0.25) is 0 Å². The molecule has 1 unspecified atom stereocenters. The Hall–Kier alpha value is -0.830. The van der Waals surface area contributed by atoms with E-state index in [0.29, 0.717) is 0 Å². The molecule has 1 heterocycles. The number of aryl methyl sites for hydroxylation is 1. The molecule has 1 nitrogen and oxygen atoms in total. The molecule has 0 saturated carbocycles. The van der Waals surface area contributed by atoms with Crippen molar-refractivity contribution in [1.29, 1.82) is 0 Å². The summed E-state index contributed by atoms with van der Waals surface area (Å²) >= 11 is 8.16. The van der Waals surface area contributed by atoms with E-state index >= 15 is 0 Å². The molecular formula is C14H16ClNS. The lowest BCUT2D eigenvalue weighted by molar-refractivity contribution is 0.596. The summed E-state index contributed by atoms with van der Waals surface area (Å²) in [7, 11) is 1.98. The van der Waals surface area contributed by atoms with Gasteiger partial charge in [-0.15, -0.1) is 11.3 Å². The normalized spacial score (nSPS) is 12.6. The van der Waals surface area contributed by atoms with Gasteiger partial charge in [0.25, 0.3) is 0 Å². The number of halogens is 1. The second kappa shape index (κ2) is 5.67.